The van der Waals surface area contributed by atoms with E-state index < -0.39 is 0 Å². The number of hydrogen-bond acceptors (Lipinski definition) is 5. The molecule has 6 heteroatoms. The fourth-order valence-corrected chi connectivity index (χ4v) is 3.26. The van der Waals surface area contributed by atoms with Crippen LogP contribution in [-0.4, -0.2) is 25.7 Å². The van der Waals surface area contributed by atoms with Crippen molar-refractivity contribution in [2.45, 2.75) is 32.7 Å². The van der Waals surface area contributed by atoms with Crippen molar-refractivity contribution < 1.29 is 4.79 Å². The van der Waals surface area contributed by atoms with E-state index in [0.29, 0.717) is 24.2 Å². The van der Waals surface area contributed by atoms with E-state index in [1.807, 2.05) is 42.5 Å². The molecule has 0 aliphatic carbocycles. The van der Waals surface area contributed by atoms with Crippen LogP contribution in [0.25, 0.3) is 11.4 Å². The molecule has 0 radical (unpaired) electrons. The number of carbonyl (C=O) groups excluding carboxylic acids is 1. The third-order valence-electron chi connectivity index (χ3n) is 5.06. The molecule has 0 spiro atoms. The third-order valence-corrected chi connectivity index (χ3v) is 5.06. The van der Waals surface area contributed by atoms with E-state index in [4.69, 9.17) is 0 Å². The molecule has 0 atom stereocenters. The Morgan fingerprint density at radius 1 is 0.968 bits per heavy atom. The Morgan fingerprint density at radius 2 is 1.74 bits per heavy atom. The normalized spacial score (nSPS) is 10.9. The fraction of sp³-hybridized carbons (Fsp3) is 0.200. The number of pyridine rings is 1. The van der Waals surface area contributed by atoms with Crippen LogP contribution in [0.15, 0.2) is 79.1 Å². The molecule has 0 amide bonds. The lowest BCUT2D eigenvalue weighted by atomic mass is 10.0. The largest absolute Gasteiger partial charge is 0.350 e. The van der Waals surface area contributed by atoms with Crippen molar-refractivity contribution in [2.75, 3.05) is 5.32 Å². The smallest absolute Gasteiger partial charge is 0.254 e. The summed E-state index contributed by atoms with van der Waals surface area (Å²) in [6, 6.07) is 21.8. The highest BCUT2D eigenvalue weighted by molar-refractivity contribution is 5.83. The molecule has 2 heterocycles. The first-order valence-electron chi connectivity index (χ1n) is 10.4. The number of nitrogens with one attached hydrogen (secondary N) is 1. The second-order valence-corrected chi connectivity index (χ2v) is 7.72. The average Bonchev–Trinajstić information content (AvgIpc) is 3.24. The van der Waals surface area contributed by atoms with E-state index in [2.05, 4.69) is 58.5 Å². The van der Waals surface area contributed by atoms with Gasteiger partial charge in [-0.3, -0.25) is 9.78 Å². The molecule has 6 nitrogen and oxygen atoms in total. The predicted octanol–water partition coefficient (Wildman–Crippen LogP) is 4.96. The molecule has 0 unspecified atom stereocenters. The number of nitrogens with zero attached hydrogens (tertiary/aromatic N) is 4. The molecule has 2 aromatic carbocycles. The van der Waals surface area contributed by atoms with Gasteiger partial charge >= 0.3 is 0 Å². The van der Waals surface area contributed by atoms with Gasteiger partial charge in [0, 0.05) is 24.5 Å². The maximum absolute atomic E-state index is 13.0. The topological polar surface area (TPSA) is 72.7 Å². The minimum atomic E-state index is -0.147. The van der Waals surface area contributed by atoms with E-state index in [9.17, 15) is 4.79 Å². The summed E-state index contributed by atoms with van der Waals surface area (Å²) >= 11 is 0. The molecule has 31 heavy (non-hydrogen) atoms. The summed E-state index contributed by atoms with van der Waals surface area (Å²) in [6.07, 6.45) is 3.63. The van der Waals surface area contributed by atoms with Crippen molar-refractivity contribution in [3.63, 3.8) is 0 Å². The van der Waals surface area contributed by atoms with Crippen molar-refractivity contribution in [1.82, 2.24) is 19.7 Å². The summed E-state index contributed by atoms with van der Waals surface area (Å²) in [5.41, 5.74) is 4.10. The number of rotatable bonds is 7. The summed E-state index contributed by atoms with van der Waals surface area (Å²) < 4.78 is 1.36. The molecule has 0 saturated carbocycles. The molecule has 0 aliphatic rings. The van der Waals surface area contributed by atoms with Crippen LogP contribution in [0.3, 0.4) is 0 Å². The lowest BCUT2D eigenvalue weighted by Crippen LogP contribution is -2.18. The molecule has 1 N–H and O–H groups in total. The lowest BCUT2D eigenvalue weighted by Gasteiger charge is -2.09. The van der Waals surface area contributed by atoms with Gasteiger partial charge in [0.25, 0.3) is 5.91 Å². The van der Waals surface area contributed by atoms with Crippen LogP contribution in [-0.2, 0) is 13.0 Å². The van der Waals surface area contributed by atoms with E-state index in [1.54, 1.807) is 12.4 Å². The van der Waals surface area contributed by atoms with Crippen molar-refractivity contribution in [3.8, 4) is 11.4 Å². The molecule has 0 saturated heterocycles. The summed E-state index contributed by atoms with van der Waals surface area (Å²) in [4.78, 5) is 21.7. The number of benzene rings is 2. The molecule has 4 aromatic rings. The SMILES string of the molecule is CC(C)c1ccc(CNc2nc(-c3cccnc3)nn2C(=O)Cc2ccccc2)cc1. The monoisotopic (exact) mass is 411 g/mol. The second-order valence-electron chi connectivity index (χ2n) is 7.72. The molecule has 2 aromatic heterocycles. The number of anilines is 1. The standard InChI is InChI=1S/C25H25N5O/c1-18(2)21-12-10-20(11-13-21)16-27-25-28-24(22-9-6-14-26-17-22)29-30(25)23(31)15-19-7-4-3-5-8-19/h3-14,17-18H,15-16H2,1-2H3,(H,27,28,29). The maximum Gasteiger partial charge on any atom is 0.254 e. The van der Waals surface area contributed by atoms with E-state index in [0.717, 1.165) is 16.7 Å². The Kier molecular flexibility index (Phi) is 6.17. The molecular formula is C25H25N5O. The number of aromatic nitrogens is 4. The van der Waals surface area contributed by atoms with Crippen LogP contribution in [0.2, 0.25) is 0 Å². The Hall–Kier alpha value is -3.80. The predicted molar refractivity (Wildman–Crippen MR) is 122 cm³/mol. The van der Waals surface area contributed by atoms with Crippen LogP contribution in [0.4, 0.5) is 5.95 Å². The fourth-order valence-electron chi connectivity index (χ4n) is 3.26. The Bertz CT molecular complexity index is 1140. The number of carbonyl (C=O) groups is 1. The van der Waals surface area contributed by atoms with Gasteiger partial charge in [-0.1, -0.05) is 68.4 Å². The quantitative estimate of drug-likeness (QED) is 0.465. The van der Waals surface area contributed by atoms with Crippen molar-refractivity contribution in [2.24, 2.45) is 0 Å². The Labute approximate surface area is 182 Å². The van der Waals surface area contributed by atoms with Crippen molar-refractivity contribution in [1.29, 1.82) is 0 Å². The Balaban J connectivity index is 1.58. The molecule has 0 bridgehead atoms. The van der Waals surface area contributed by atoms with Gasteiger partial charge in [0.15, 0.2) is 5.82 Å². The first kappa shape index (κ1) is 20.5. The molecular weight excluding hydrogens is 386 g/mol. The summed E-state index contributed by atoms with van der Waals surface area (Å²) in [5.74, 6) is 1.23. The first-order chi connectivity index (χ1) is 15.1. The number of hydrogen-bond donors (Lipinski definition) is 1. The third kappa shape index (κ3) is 5.04. The van der Waals surface area contributed by atoms with Crippen LogP contribution in [0.1, 0.15) is 41.3 Å². The highest BCUT2D eigenvalue weighted by Gasteiger charge is 2.18. The van der Waals surface area contributed by atoms with Gasteiger partial charge in [0.05, 0.1) is 6.42 Å². The second kappa shape index (κ2) is 9.34. The average molecular weight is 412 g/mol. The minimum Gasteiger partial charge on any atom is -0.350 e. The molecule has 4 rings (SSSR count). The summed E-state index contributed by atoms with van der Waals surface area (Å²) in [6.45, 7) is 4.89. The highest BCUT2D eigenvalue weighted by Crippen LogP contribution is 2.19. The zero-order valence-electron chi connectivity index (χ0n) is 17.7. The molecule has 156 valence electrons. The van der Waals surface area contributed by atoms with Crippen LogP contribution in [0.5, 0.6) is 0 Å². The van der Waals surface area contributed by atoms with Crippen LogP contribution >= 0.6 is 0 Å². The van der Waals surface area contributed by atoms with Gasteiger partial charge in [-0.05, 0) is 34.7 Å². The van der Waals surface area contributed by atoms with Gasteiger partial charge in [-0.25, -0.2) is 0 Å². The molecule has 0 fully saturated rings. The maximum atomic E-state index is 13.0. The zero-order chi connectivity index (χ0) is 21.6. The van der Waals surface area contributed by atoms with Gasteiger partial charge in [-0.15, -0.1) is 5.10 Å². The first-order valence-corrected chi connectivity index (χ1v) is 10.4. The van der Waals surface area contributed by atoms with Gasteiger partial charge in [0.2, 0.25) is 5.95 Å². The lowest BCUT2D eigenvalue weighted by molar-refractivity contribution is 0.0901. The van der Waals surface area contributed by atoms with Crippen LogP contribution < -0.4 is 5.32 Å². The van der Waals surface area contributed by atoms with Crippen LogP contribution in [0, 0.1) is 0 Å². The van der Waals surface area contributed by atoms with E-state index in [1.165, 1.54) is 10.2 Å². The zero-order valence-corrected chi connectivity index (χ0v) is 17.7. The minimum absolute atomic E-state index is 0.147. The summed E-state index contributed by atoms with van der Waals surface area (Å²) in [7, 11) is 0. The van der Waals surface area contributed by atoms with E-state index in [-0.39, 0.29) is 12.3 Å². The van der Waals surface area contributed by atoms with Crippen molar-refractivity contribution in [3.05, 3.63) is 95.8 Å². The summed E-state index contributed by atoms with van der Waals surface area (Å²) in [5, 5.41) is 7.76. The molecule has 0 aliphatic heterocycles. The van der Waals surface area contributed by atoms with Gasteiger partial charge in [0.1, 0.15) is 0 Å². The van der Waals surface area contributed by atoms with Gasteiger partial charge in [-0.2, -0.15) is 9.67 Å². The van der Waals surface area contributed by atoms with Crippen molar-refractivity contribution >= 4 is 11.9 Å². The van der Waals surface area contributed by atoms with Gasteiger partial charge < -0.3 is 5.32 Å². The highest BCUT2D eigenvalue weighted by atomic mass is 16.2. The van der Waals surface area contributed by atoms with E-state index >= 15 is 0 Å². The Morgan fingerprint density at radius 3 is 2.42 bits per heavy atom.